The van der Waals surface area contributed by atoms with Crippen LogP contribution in [-0.2, 0) is 4.74 Å². The maximum absolute atomic E-state index is 7.59. The Kier molecular flexibility index (Phi) is 6.25. The molecule has 3 rings (SSSR count). The molecule has 0 aliphatic carbocycles. The lowest BCUT2D eigenvalue weighted by molar-refractivity contribution is 0.235. The van der Waals surface area contributed by atoms with Crippen molar-refractivity contribution in [2.24, 2.45) is 0 Å². The highest BCUT2D eigenvalue weighted by Gasteiger charge is 2.18. The number of ether oxygens (including phenoxy) is 1. The molecule has 0 saturated heterocycles. The lowest BCUT2D eigenvalue weighted by atomic mass is 9.99. The fourth-order valence-electron chi connectivity index (χ4n) is 2.16. The predicted molar refractivity (Wildman–Crippen MR) is 95.5 cm³/mol. The van der Waals surface area contributed by atoms with E-state index in [0.717, 1.165) is 5.56 Å². The van der Waals surface area contributed by atoms with E-state index in [2.05, 4.69) is 19.9 Å². The molecule has 2 aromatic heterocycles. The smallest absolute Gasteiger partial charge is 0.181 e. The highest BCUT2D eigenvalue weighted by atomic mass is 16.5. The fourth-order valence-corrected chi connectivity index (χ4v) is 2.16. The summed E-state index contributed by atoms with van der Waals surface area (Å²) in [6.45, 7) is 6.32. The Morgan fingerprint density at radius 1 is 1.17 bits per heavy atom. The molecular weight excluding hydrogens is 300 g/mol. The standard InChI is InChI=1S/C17H16N4O.C2H6/c1-2-10-22-12-14(13-6-4-3-5-7-13)16-20-11-15-17(21-16)19-9-8-18-15;1-2/h2-11,14H,12H2,1H3;1-2H3/i9D;. The Balaban J connectivity index is 0.00000109. The summed E-state index contributed by atoms with van der Waals surface area (Å²) in [5, 5.41) is 0. The van der Waals surface area contributed by atoms with Gasteiger partial charge in [0.25, 0.3) is 0 Å². The van der Waals surface area contributed by atoms with Gasteiger partial charge in [0.05, 0.1) is 19.7 Å². The van der Waals surface area contributed by atoms with Gasteiger partial charge in [-0.2, -0.15) is 0 Å². The second-order valence-electron chi connectivity index (χ2n) is 4.70. The van der Waals surface area contributed by atoms with Crippen LogP contribution in [0.2, 0.25) is 0 Å². The molecule has 1 aromatic carbocycles. The molecule has 0 amide bonds. The van der Waals surface area contributed by atoms with Crippen molar-refractivity contribution in [3.05, 3.63) is 72.6 Å². The van der Waals surface area contributed by atoms with Gasteiger partial charge in [-0.15, -0.1) is 0 Å². The maximum Gasteiger partial charge on any atom is 0.181 e. The number of fused-ring (bicyclic) bond motifs is 1. The molecule has 0 aliphatic rings. The molecule has 1 unspecified atom stereocenters. The van der Waals surface area contributed by atoms with Crippen molar-refractivity contribution >= 4 is 11.2 Å². The third-order valence-electron chi connectivity index (χ3n) is 3.21. The van der Waals surface area contributed by atoms with Gasteiger partial charge in [0.15, 0.2) is 5.65 Å². The highest BCUT2D eigenvalue weighted by Crippen LogP contribution is 2.23. The van der Waals surface area contributed by atoms with Crippen LogP contribution in [-0.4, -0.2) is 26.5 Å². The quantitative estimate of drug-likeness (QED) is 0.661. The summed E-state index contributed by atoms with van der Waals surface area (Å²) in [7, 11) is 0. The van der Waals surface area contributed by atoms with Crippen molar-refractivity contribution in [1.82, 2.24) is 19.9 Å². The lowest BCUT2D eigenvalue weighted by Gasteiger charge is -2.15. The van der Waals surface area contributed by atoms with Gasteiger partial charge in [0.1, 0.15) is 17.9 Å². The van der Waals surface area contributed by atoms with Crippen molar-refractivity contribution in [3.63, 3.8) is 0 Å². The van der Waals surface area contributed by atoms with Crippen molar-refractivity contribution in [2.75, 3.05) is 6.61 Å². The molecule has 0 N–H and O–H groups in total. The van der Waals surface area contributed by atoms with E-state index in [4.69, 9.17) is 6.11 Å². The fraction of sp³-hybridized carbons (Fsp3) is 0.263. The monoisotopic (exact) mass is 323 g/mol. The molecule has 0 radical (unpaired) electrons. The van der Waals surface area contributed by atoms with E-state index in [-0.39, 0.29) is 12.1 Å². The molecule has 2 heterocycles. The molecule has 3 aromatic rings. The van der Waals surface area contributed by atoms with Gasteiger partial charge >= 0.3 is 0 Å². The average molecular weight is 323 g/mol. The SMILES string of the molecule is CC.[2H]c1cnc2cnc(C(COC=CC)c3ccccc3)nc2n1. The van der Waals surface area contributed by atoms with Crippen molar-refractivity contribution in [1.29, 1.82) is 0 Å². The van der Waals surface area contributed by atoms with E-state index in [9.17, 15) is 0 Å². The summed E-state index contributed by atoms with van der Waals surface area (Å²) in [4.78, 5) is 17.1. The topological polar surface area (TPSA) is 60.8 Å². The predicted octanol–water partition coefficient (Wildman–Crippen LogP) is 4.13. The third kappa shape index (κ3) is 4.35. The highest BCUT2D eigenvalue weighted by molar-refractivity contribution is 5.67. The first-order chi connectivity index (χ1) is 12.3. The van der Waals surface area contributed by atoms with E-state index in [1.54, 1.807) is 12.5 Å². The molecular formula is C19H22N4O. The first-order valence-electron chi connectivity index (χ1n) is 8.52. The zero-order valence-corrected chi connectivity index (χ0v) is 14.2. The van der Waals surface area contributed by atoms with Crippen molar-refractivity contribution in [3.8, 4) is 0 Å². The Morgan fingerprint density at radius 2 is 1.96 bits per heavy atom. The summed E-state index contributed by atoms with van der Waals surface area (Å²) in [5.74, 6) is 0.487. The van der Waals surface area contributed by atoms with E-state index < -0.39 is 0 Å². The summed E-state index contributed by atoms with van der Waals surface area (Å²) in [5.41, 5.74) is 2.06. The number of benzene rings is 1. The Hall–Kier alpha value is -2.82. The van der Waals surface area contributed by atoms with E-state index >= 15 is 0 Å². The number of hydrogen-bond donors (Lipinski definition) is 0. The minimum absolute atomic E-state index is 0.0866. The van der Waals surface area contributed by atoms with Gasteiger partial charge in [-0.05, 0) is 12.5 Å². The molecule has 0 spiro atoms. The van der Waals surface area contributed by atoms with Gasteiger partial charge < -0.3 is 4.74 Å². The van der Waals surface area contributed by atoms with Crippen molar-refractivity contribution < 1.29 is 6.11 Å². The molecule has 1 atom stereocenters. The first-order valence-corrected chi connectivity index (χ1v) is 8.02. The zero-order chi connectivity index (χ0) is 18.1. The van der Waals surface area contributed by atoms with Crippen LogP contribution in [0.3, 0.4) is 0 Å². The number of nitrogens with zero attached hydrogens (tertiary/aromatic N) is 4. The van der Waals surface area contributed by atoms with E-state index in [0.29, 0.717) is 23.6 Å². The molecule has 0 fully saturated rings. The molecule has 0 bridgehead atoms. The molecule has 5 nitrogen and oxygen atoms in total. The summed E-state index contributed by atoms with van der Waals surface area (Å²) >= 11 is 0. The van der Waals surface area contributed by atoms with Gasteiger partial charge in [-0.1, -0.05) is 50.3 Å². The molecule has 5 heteroatoms. The average Bonchev–Trinajstić information content (AvgIpc) is 2.67. The second-order valence-corrected chi connectivity index (χ2v) is 4.70. The van der Waals surface area contributed by atoms with Crippen LogP contribution in [0.25, 0.3) is 11.2 Å². The summed E-state index contributed by atoms with van der Waals surface area (Å²) in [6, 6.07) is 9.95. The summed E-state index contributed by atoms with van der Waals surface area (Å²) < 4.78 is 13.1. The summed E-state index contributed by atoms with van der Waals surface area (Å²) in [6.07, 6.45) is 6.59. The van der Waals surface area contributed by atoms with E-state index in [1.807, 2.05) is 57.2 Å². The first kappa shape index (κ1) is 16.1. The number of allylic oxidation sites excluding steroid dienone is 1. The van der Waals surface area contributed by atoms with Gasteiger partial charge in [-0.3, -0.25) is 0 Å². The Morgan fingerprint density at radius 3 is 2.71 bits per heavy atom. The van der Waals surface area contributed by atoms with Crippen LogP contribution in [0.5, 0.6) is 0 Å². The second kappa shape index (κ2) is 9.35. The largest absolute Gasteiger partial charge is 0.500 e. The molecule has 0 aliphatic heterocycles. The Labute approximate surface area is 143 Å². The number of rotatable bonds is 5. The Bertz CT molecular complexity index is 824. The van der Waals surface area contributed by atoms with E-state index in [1.165, 1.54) is 6.20 Å². The van der Waals surface area contributed by atoms with Gasteiger partial charge in [-0.25, -0.2) is 19.9 Å². The maximum atomic E-state index is 7.59. The number of aromatic nitrogens is 4. The van der Waals surface area contributed by atoms with Crippen LogP contribution in [0.1, 0.15) is 39.4 Å². The zero-order valence-electron chi connectivity index (χ0n) is 15.2. The van der Waals surface area contributed by atoms with Gasteiger partial charge in [0.2, 0.25) is 0 Å². The normalized spacial score (nSPS) is 12.4. The minimum Gasteiger partial charge on any atom is -0.500 e. The van der Waals surface area contributed by atoms with Crippen LogP contribution in [0, 0.1) is 0 Å². The van der Waals surface area contributed by atoms with Crippen LogP contribution in [0.4, 0.5) is 0 Å². The van der Waals surface area contributed by atoms with Crippen LogP contribution >= 0.6 is 0 Å². The molecule has 0 saturated carbocycles. The van der Waals surface area contributed by atoms with Crippen molar-refractivity contribution in [2.45, 2.75) is 26.7 Å². The third-order valence-corrected chi connectivity index (χ3v) is 3.21. The minimum atomic E-state index is -0.118. The molecule has 24 heavy (non-hydrogen) atoms. The van der Waals surface area contributed by atoms with Crippen LogP contribution < -0.4 is 0 Å². The lowest BCUT2D eigenvalue weighted by Crippen LogP contribution is -2.12. The van der Waals surface area contributed by atoms with Gasteiger partial charge in [0, 0.05) is 12.4 Å². The number of hydrogen-bond acceptors (Lipinski definition) is 5. The van der Waals surface area contributed by atoms with Crippen LogP contribution in [0.15, 0.2) is 61.2 Å². The molecule has 124 valence electrons.